The Morgan fingerprint density at radius 2 is 2.18 bits per heavy atom. The SMILES string of the molecule is Oc1cc(Cl)cc2c1N=C(Nc1cccc3nn[nH]c13)NS2. The number of aliphatic imine (C=N–C) groups is 1. The lowest BCUT2D eigenvalue weighted by Gasteiger charge is -2.18. The summed E-state index contributed by atoms with van der Waals surface area (Å²) in [5, 5.41) is 24.2. The number of aromatic amines is 1. The van der Waals surface area contributed by atoms with Crippen LogP contribution >= 0.6 is 23.5 Å². The Balaban J connectivity index is 1.72. The minimum absolute atomic E-state index is 0.0391. The highest BCUT2D eigenvalue weighted by Gasteiger charge is 2.17. The Kier molecular flexibility index (Phi) is 3.05. The summed E-state index contributed by atoms with van der Waals surface area (Å²) >= 11 is 7.24. The molecule has 0 radical (unpaired) electrons. The molecule has 2 aromatic carbocycles. The molecule has 0 unspecified atom stereocenters. The molecule has 0 bridgehead atoms. The molecule has 22 heavy (non-hydrogen) atoms. The van der Waals surface area contributed by atoms with Crippen molar-refractivity contribution in [2.24, 2.45) is 4.99 Å². The van der Waals surface area contributed by atoms with E-state index in [1.54, 1.807) is 6.07 Å². The number of fused-ring (bicyclic) bond motifs is 2. The Hall–Kier alpha value is -2.45. The molecule has 4 rings (SSSR count). The van der Waals surface area contributed by atoms with Gasteiger partial charge in [-0.15, -0.1) is 5.10 Å². The highest BCUT2D eigenvalue weighted by Crippen LogP contribution is 2.41. The summed E-state index contributed by atoms with van der Waals surface area (Å²) in [7, 11) is 0. The number of nitrogens with zero attached hydrogens (tertiary/aromatic N) is 3. The van der Waals surface area contributed by atoms with Crippen LogP contribution in [0.15, 0.2) is 40.2 Å². The van der Waals surface area contributed by atoms with Crippen LogP contribution in [-0.2, 0) is 0 Å². The summed E-state index contributed by atoms with van der Waals surface area (Å²) in [5.41, 5.74) is 2.80. The first-order valence-corrected chi connectivity index (χ1v) is 7.51. The van der Waals surface area contributed by atoms with E-state index < -0.39 is 0 Å². The predicted octanol–water partition coefficient (Wildman–Crippen LogP) is 3.03. The van der Waals surface area contributed by atoms with E-state index in [0.717, 1.165) is 21.6 Å². The summed E-state index contributed by atoms with van der Waals surface area (Å²) < 4.78 is 3.07. The van der Waals surface area contributed by atoms with Gasteiger partial charge in [-0.05, 0) is 30.1 Å². The van der Waals surface area contributed by atoms with Gasteiger partial charge in [-0.2, -0.15) is 0 Å². The zero-order chi connectivity index (χ0) is 15.1. The third-order valence-corrected chi connectivity index (χ3v) is 4.16. The zero-order valence-electron chi connectivity index (χ0n) is 11.0. The number of anilines is 1. The lowest BCUT2D eigenvalue weighted by Crippen LogP contribution is -2.27. The number of rotatable bonds is 1. The number of phenols is 1. The number of nitrogens with one attached hydrogen (secondary N) is 3. The summed E-state index contributed by atoms with van der Waals surface area (Å²) in [4.78, 5) is 5.14. The van der Waals surface area contributed by atoms with Crippen LogP contribution in [0.3, 0.4) is 0 Å². The maximum absolute atomic E-state index is 9.97. The van der Waals surface area contributed by atoms with E-state index in [2.05, 4.69) is 30.4 Å². The molecule has 1 aliphatic rings. The van der Waals surface area contributed by atoms with Crippen molar-refractivity contribution in [2.45, 2.75) is 4.90 Å². The van der Waals surface area contributed by atoms with Crippen molar-refractivity contribution in [3.8, 4) is 5.75 Å². The van der Waals surface area contributed by atoms with E-state index in [1.165, 1.54) is 18.0 Å². The number of H-pyrrole nitrogens is 1. The molecule has 0 saturated carbocycles. The normalized spacial score (nSPS) is 13.4. The third-order valence-electron chi connectivity index (χ3n) is 3.12. The Morgan fingerprint density at radius 1 is 1.27 bits per heavy atom. The van der Waals surface area contributed by atoms with Gasteiger partial charge in [0.2, 0.25) is 5.96 Å². The van der Waals surface area contributed by atoms with E-state index in [9.17, 15) is 5.11 Å². The molecule has 0 saturated heterocycles. The van der Waals surface area contributed by atoms with Gasteiger partial charge in [0.15, 0.2) is 0 Å². The van der Waals surface area contributed by atoms with Crippen molar-refractivity contribution in [1.82, 2.24) is 20.1 Å². The molecule has 3 aromatic rings. The van der Waals surface area contributed by atoms with Gasteiger partial charge in [-0.25, -0.2) is 4.99 Å². The minimum atomic E-state index is 0.0391. The fourth-order valence-electron chi connectivity index (χ4n) is 2.14. The summed E-state index contributed by atoms with van der Waals surface area (Å²) in [6, 6.07) is 8.82. The molecule has 0 atom stereocenters. The van der Waals surface area contributed by atoms with Crippen LogP contribution in [-0.4, -0.2) is 26.5 Å². The van der Waals surface area contributed by atoms with Crippen LogP contribution < -0.4 is 10.0 Å². The number of benzene rings is 2. The fourth-order valence-corrected chi connectivity index (χ4v) is 3.16. The van der Waals surface area contributed by atoms with Crippen molar-refractivity contribution in [1.29, 1.82) is 0 Å². The van der Waals surface area contributed by atoms with Gasteiger partial charge < -0.3 is 10.4 Å². The van der Waals surface area contributed by atoms with Crippen LogP contribution in [0.5, 0.6) is 5.75 Å². The molecule has 0 spiro atoms. The number of hydrogen-bond acceptors (Lipinski definition) is 7. The Bertz CT molecular complexity index is 909. The van der Waals surface area contributed by atoms with Crippen molar-refractivity contribution in [3.05, 3.63) is 35.4 Å². The van der Waals surface area contributed by atoms with Crippen molar-refractivity contribution in [3.63, 3.8) is 0 Å². The van der Waals surface area contributed by atoms with Crippen LogP contribution in [0, 0.1) is 0 Å². The third kappa shape index (κ3) is 2.22. The van der Waals surface area contributed by atoms with Crippen LogP contribution in [0.1, 0.15) is 0 Å². The number of para-hydroxylation sites is 1. The molecule has 110 valence electrons. The highest BCUT2D eigenvalue weighted by molar-refractivity contribution is 7.98. The predicted molar refractivity (Wildman–Crippen MR) is 86.7 cm³/mol. The lowest BCUT2D eigenvalue weighted by atomic mass is 10.2. The Morgan fingerprint density at radius 3 is 3.09 bits per heavy atom. The number of hydrogen-bond donors (Lipinski definition) is 4. The molecule has 2 heterocycles. The van der Waals surface area contributed by atoms with Crippen molar-refractivity contribution < 1.29 is 5.11 Å². The van der Waals surface area contributed by atoms with Crippen LogP contribution in [0.4, 0.5) is 11.4 Å². The first-order chi connectivity index (χ1) is 10.7. The van der Waals surface area contributed by atoms with E-state index in [4.69, 9.17) is 11.6 Å². The van der Waals surface area contributed by atoms with Crippen LogP contribution in [0.2, 0.25) is 5.02 Å². The molecular formula is C13H9ClN6OS. The van der Waals surface area contributed by atoms with Gasteiger partial charge in [-0.3, -0.25) is 9.82 Å². The second-order valence-corrected chi connectivity index (χ2v) is 5.86. The monoisotopic (exact) mass is 332 g/mol. The first-order valence-electron chi connectivity index (χ1n) is 6.31. The summed E-state index contributed by atoms with van der Waals surface area (Å²) in [5.74, 6) is 0.537. The standard InChI is InChI=1S/C13H9ClN6OS/c14-6-4-9(21)12-10(5-6)22-19-13(16-12)15-7-2-1-3-8-11(7)18-20-17-8/h1-5,21H,(H2,15,16,19)(H,17,18,20). The zero-order valence-corrected chi connectivity index (χ0v) is 12.5. The molecular weight excluding hydrogens is 324 g/mol. The van der Waals surface area contributed by atoms with Gasteiger partial charge in [0.1, 0.15) is 22.5 Å². The van der Waals surface area contributed by atoms with E-state index in [1.807, 2.05) is 18.2 Å². The number of halogens is 1. The molecule has 1 aliphatic heterocycles. The minimum Gasteiger partial charge on any atom is -0.506 e. The molecule has 0 fully saturated rings. The molecule has 0 aliphatic carbocycles. The average molecular weight is 333 g/mol. The van der Waals surface area contributed by atoms with E-state index >= 15 is 0 Å². The Labute approximate surface area is 133 Å². The van der Waals surface area contributed by atoms with Gasteiger partial charge in [0, 0.05) is 11.1 Å². The molecule has 9 heteroatoms. The second kappa shape index (κ2) is 5.08. The van der Waals surface area contributed by atoms with Gasteiger partial charge in [0.25, 0.3) is 0 Å². The second-order valence-electron chi connectivity index (χ2n) is 4.57. The molecule has 0 amide bonds. The highest BCUT2D eigenvalue weighted by atomic mass is 35.5. The van der Waals surface area contributed by atoms with Crippen LogP contribution in [0.25, 0.3) is 11.0 Å². The largest absolute Gasteiger partial charge is 0.506 e. The maximum atomic E-state index is 9.97. The topological polar surface area (TPSA) is 98.2 Å². The number of guanidine groups is 1. The number of aromatic hydroxyl groups is 1. The number of phenolic OH excluding ortho intramolecular Hbond substituents is 1. The lowest BCUT2D eigenvalue weighted by molar-refractivity contribution is 0.475. The molecule has 4 N–H and O–H groups in total. The molecule has 7 nitrogen and oxygen atoms in total. The first kappa shape index (κ1) is 13.2. The van der Waals surface area contributed by atoms with Gasteiger partial charge in [-0.1, -0.05) is 22.9 Å². The van der Waals surface area contributed by atoms with E-state index in [-0.39, 0.29) is 5.75 Å². The summed E-state index contributed by atoms with van der Waals surface area (Å²) in [6.07, 6.45) is 0. The van der Waals surface area contributed by atoms with Gasteiger partial charge >= 0.3 is 0 Å². The molecule has 1 aromatic heterocycles. The van der Waals surface area contributed by atoms with Crippen molar-refractivity contribution in [2.75, 3.05) is 5.32 Å². The van der Waals surface area contributed by atoms with Crippen molar-refractivity contribution >= 4 is 51.9 Å². The maximum Gasteiger partial charge on any atom is 0.211 e. The fraction of sp³-hybridized carbons (Fsp3) is 0. The smallest absolute Gasteiger partial charge is 0.211 e. The quantitative estimate of drug-likeness (QED) is 0.511. The average Bonchev–Trinajstić information content (AvgIpc) is 2.97. The number of aromatic nitrogens is 3. The summed E-state index contributed by atoms with van der Waals surface area (Å²) in [6.45, 7) is 0. The van der Waals surface area contributed by atoms with E-state index in [0.29, 0.717) is 16.7 Å². The van der Waals surface area contributed by atoms with Gasteiger partial charge in [0.05, 0.1) is 10.6 Å².